The highest BCUT2D eigenvalue weighted by Gasteiger charge is 2.16. The van der Waals surface area contributed by atoms with Crippen molar-refractivity contribution in [2.24, 2.45) is 0 Å². The van der Waals surface area contributed by atoms with Crippen molar-refractivity contribution in [1.29, 1.82) is 0 Å². The van der Waals surface area contributed by atoms with E-state index in [-0.39, 0.29) is 0 Å². The number of nitrogens with zero attached hydrogens (tertiary/aromatic N) is 5. The lowest BCUT2D eigenvalue weighted by molar-refractivity contribution is 0.305. The van der Waals surface area contributed by atoms with Crippen molar-refractivity contribution in [3.63, 3.8) is 0 Å². The molecule has 0 aliphatic rings. The molecule has 0 spiro atoms. The van der Waals surface area contributed by atoms with Crippen LogP contribution in [0.3, 0.4) is 0 Å². The first-order valence-electron chi connectivity index (χ1n) is 12.2. The Hall–Kier alpha value is -5.37. The van der Waals surface area contributed by atoms with E-state index in [9.17, 15) is 0 Å². The van der Waals surface area contributed by atoms with Gasteiger partial charge in [-0.2, -0.15) is 5.10 Å². The summed E-state index contributed by atoms with van der Waals surface area (Å²) in [6.07, 6.45) is 8.89. The molecular formula is C30H21N7O. The summed E-state index contributed by atoms with van der Waals surface area (Å²) in [6.45, 7) is 0.485. The molecule has 5 aromatic heterocycles. The maximum Gasteiger partial charge on any atom is 0.160 e. The van der Waals surface area contributed by atoms with Crippen molar-refractivity contribution in [3.8, 4) is 39.5 Å². The first kappa shape index (κ1) is 21.9. The number of ether oxygens (including phenoxy) is 1. The van der Waals surface area contributed by atoms with E-state index in [2.05, 4.69) is 36.2 Å². The molecule has 7 aromatic rings. The lowest BCUT2D eigenvalue weighted by Gasteiger charge is -2.08. The molecule has 38 heavy (non-hydrogen) atoms. The lowest BCUT2D eigenvalue weighted by Crippen LogP contribution is -1.95. The van der Waals surface area contributed by atoms with Gasteiger partial charge in [-0.15, -0.1) is 0 Å². The van der Waals surface area contributed by atoms with Gasteiger partial charge in [0.05, 0.1) is 11.7 Å². The number of rotatable bonds is 6. The molecule has 8 heteroatoms. The maximum absolute atomic E-state index is 5.99. The van der Waals surface area contributed by atoms with Crippen molar-refractivity contribution in [2.75, 3.05) is 0 Å². The van der Waals surface area contributed by atoms with E-state index in [4.69, 9.17) is 9.72 Å². The highest BCUT2D eigenvalue weighted by molar-refractivity contribution is 5.97. The first-order chi connectivity index (χ1) is 18.8. The number of H-pyrrole nitrogens is 2. The predicted molar refractivity (Wildman–Crippen MR) is 146 cm³/mol. The van der Waals surface area contributed by atoms with Crippen molar-refractivity contribution >= 4 is 22.1 Å². The third kappa shape index (κ3) is 4.04. The van der Waals surface area contributed by atoms with Crippen molar-refractivity contribution in [1.82, 2.24) is 35.1 Å². The maximum atomic E-state index is 5.99. The Kier molecular flexibility index (Phi) is 5.33. The summed E-state index contributed by atoms with van der Waals surface area (Å²) >= 11 is 0. The highest BCUT2D eigenvalue weighted by Crippen LogP contribution is 2.33. The Morgan fingerprint density at radius 2 is 1.66 bits per heavy atom. The summed E-state index contributed by atoms with van der Waals surface area (Å²) in [7, 11) is 0. The van der Waals surface area contributed by atoms with E-state index >= 15 is 0 Å². The van der Waals surface area contributed by atoms with E-state index in [1.807, 2.05) is 72.9 Å². The zero-order valence-corrected chi connectivity index (χ0v) is 20.2. The Morgan fingerprint density at radius 1 is 0.763 bits per heavy atom. The van der Waals surface area contributed by atoms with Crippen LogP contribution in [0.15, 0.2) is 104 Å². The van der Waals surface area contributed by atoms with Gasteiger partial charge in [-0.05, 0) is 53.1 Å². The van der Waals surface area contributed by atoms with Gasteiger partial charge in [-0.3, -0.25) is 15.1 Å². The van der Waals surface area contributed by atoms with Crippen molar-refractivity contribution in [3.05, 3.63) is 109 Å². The van der Waals surface area contributed by atoms with Gasteiger partial charge in [0, 0.05) is 41.3 Å². The van der Waals surface area contributed by atoms with E-state index in [0.717, 1.165) is 49.9 Å². The van der Waals surface area contributed by atoms with Crippen LogP contribution in [0.25, 0.3) is 55.8 Å². The molecular weight excluding hydrogens is 474 g/mol. The number of imidazole rings is 1. The molecule has 0 fully saturated rings. The summed E-state index contributed by atoms with van der Waals surface area (Å²) in [6, 6.07) is 24.1. The number of nitrogens with one attached hydrogen (secondary N) is 2. The fourth-order valence-corrected chi connectivity index (χ4v) is 4.56. The number of pyridine rings is 3. The SMILES string of the molecule is c1ccc(COc2cncc(-c3ccc4[nH]nc(-c5nc6c(-c7ccncc7)ccnc6[nH]5)c4c3)c2)cc1. The molecule has 0 amide bonds. The summed E-state index contributed by atoms with van der Waals surface area (Å²) in [5.41, 5.74) is 8.21. The Bertz CT molecular complexity index is 1880. The van der Waals surface area contributed by atoms with Gasteiger partial charge in [-0.1, -0.05) is 36.4 Å². The van der Waals surface area contributed by atoms with Crippen LogP contribution in [0.4, 0.5) is 0 Å². The van der Waals surface area contributed by atoms with Gasteiger partial charge < -0.3 is 9.72 Å². The molecule has 0 saturated heterocycles. The Labute approximate surface area is 217 Å². The van der Waals surface area contributed by atoms with Crippen LogP contribution in [0.5, 0.6) is 5.75 Å². The second-order valence-corrected chi connectivity index (χ2v) is 8.89. The average Bonchev–Trinajstić information content (AvgIpc) is 3.61. The second-order valence-electron chi connectivity index (χ2n) is 8.89. The normalized spacial score (nSPS) is 11.3. The minimum Gasteiger partial charge on any atom is -0.487 e. The van der Waals surface area contributed by atoms with Crippen LogP contribution in [0, 0.1) is 0 Å². The van der Waals surface area contributed by atoms with Crippen LogP contribution in [-0.4, -0.2) is 35.1 Å². The lowest BCUT2D eigenvalue weighted by atomic mass is 10.0. The molecule has 2 aromatic carbocycles. The first-order valence-corrected chi connectivity index (χ1v) is 12.2. The second kappa shape index (κ2) is 9.25. The van der Waals surface area contributed by atoms with Crippen molar-refractivity contribution in [2.45, 2.75) is 6.61 Å². The topological polar surface area (TPSA) is 105 Å². The molecule has 0 aliphatic carbocycles. The molecule has 0 saturated carbocycles. The van der Waals surface area contributed by atoms with Crippen LogP contribution in [0.1, 0.15) is 5.56 Å². The van der Waals surface area contributed by atoms with Gasteiger partial charge >= 0.3 is 0 Å². The van der Waals surface area contributed by atoms with E-state index in [1.54, 1.807) is 24.8 Å². The van der Waals surface area contributed by atoms with E-state index in [0.29, 0.717) is 23.8 Å². The van der Waals surface area contributed by atoms with Gasteiger partial charge in [0.1, 0.15) is 23.6 Å². The molecule has 2 N–H and O–H groups in total. The average molecular weight is 496 g/mol. The quantitative estimate of drug-likeness (QED) is 0.284. The Morgan fingerprint density at radius 3 is 2.55 bits per heavy atom. The van der Waals surface area contributed by atoms with Gasteiger partial charge in [0.15, 0.2) is 11.5 Å². The molecule has 8 nitrogen and oxygen atoms in total. The number of aromatic amines is 2. The van der Waals surface area contributed by atoms with Gasteiger partial charge in [0.2, 0.25) is 0 Å². The third-order valence-electron chi connectivity index (χ3n) is 6.46. The highest BCUT2D eigenvalue weighted by atomic mass is 16.5. The van der Waals surface area contributed by atoms with Crippen LogP contribution >= 0.6 is 0 Å². The standard InChI is InChI=1S/C30H21N7O/c1-2-4-19(5-3-1)18-38-23-14-22(16-32-17-23)21-6-7-26-25(15-21)28(37-36-26)30-34-27-24(10-13-33-29(27)35-30)20-8-11-31-12-9-20/h1-17H,18H2,(H,36,37)(H,33,34,35). The zero-order chi connectivity index (χ0) is 25.3. The smallest absolute Gasteiger partial charge is 0.160 e. The zero-order valence-electron chi connectivity index (χ0n) is 20.2. The van der Waals surface area contributed by atoms with Crippen molar-refractivity contribution < 1.29 is 4.74 Å². The molecule has 0 atom stereocenters. The number of hydrogen-bond acceptors (Lipinski definition) is 6. The minimum absolute atomic E-state index is 0.485. The Balaban J connectivity index is 1.24. The molecule has 0 radical (unpaired) electrons. The molecule has 7 rings (SSSR count). The molecule has 0 bridgehead atoms. The molecule has 5 heterocycles. The predicted octanol–water partition coefficient (Wildman–Crippen LogP) is 6.20. The van der Waals surface area contributed by atoms with Crippen LogP contribution in [0.2, 0.25) is 0 Å². The van der Waals surface area contributed by atoms with Gasteiger partial charge in [0.25, 0.3) is 0 Å². The number of benzene rings is 2. The van der Waals surface area contributed by atoms with Crippen LogP contribution in [-0.2, 0) is 6.61 Å². The summed E-state index contributed by atoms with van der Waals surface area (Å²) in [5.74, 6) is 1.36. The number of aromatic nitrogens is 7. The minimum atomic E-state index is 0.485. The van der Waals surface area contributed by atoms with Gasteiger partial charge in [-0.25, -0.2) is 9.97 Å². The summed E-state index contributed by atoms with van der Waals surface area (Å²) < 4.78 is 5.99. The van der Waals surface area contributed by atoms with E-state index < -0.39 is 0 Å². The third-order valence-corrected chi connectivity index (χ3v) is 6.46. The fraction of sp³-hybridized carbons (Fsp3) is 0.0333. The number of hydrogen-bond donors (Lipinski definition) is 2. The number of fused-ring (bicyclic) bond motifs is 2. The largest absolute Gasteiger partial charge is 0.487 e. The molecule has 0 aliphatic heterocycles. The summed E-state index contributed by atoms with van der Waals surface area (Å²) in [4.78, 5) is 21.3. The molecule has 182 valence electrons. The molecule has 0 unspecified atom stereocenters. The fourth-order valence-electron chi connectivity index (χ4n) is 4.56. The van der Waals surface area contributed by atoms with Crippen LogP contribution < -0.4 is 4.74 Å². The summed E-state index contributed by atoms with van der Waals surface area (Å²) in [5, 5.41) is 8.66. The van der Waals surface area contributed by atoms with E-state index in [1.165, 1.54) is 0 Å². The monoisotopic (exact) mass is 495 g/mol.